The van der Waals surface area contributed by atoms with Gasteiger partial charge in [0.2, 0.25) is 0 Å². The van der Waals surface area contributed by atoms with E-state index in [0.29, 0.717) is 11.4 Å². The number of hydrogen-bond donors (Lipinski definition) is 3. The van der Waals surface area contributed by atoms with Gasteiger partial charge in [0.25, 0.3) is 0 Å². The largest absolute Gasteiger partial charge is 0.398 e. The summed E-state index contributed by atoms with van der Waals surface area (Å²) < 4.78 is 26.4. The van der Waals surface area contributed by atoms with Crippen molar-refractivity contribution < 1.29 is 13.6 Å². The van der Waals surface area contributed by atoms with Crippen LogP contribution in [-0.2, 0) is 0 Å². The third kappa shape index (κ3) is 3.28. The van der Waals surface area contributed by atoms with Crippen LogP contribution in [0.5, 0.6) is 0 Å². The maximum atomic E-state index is 13.4. The highest BCUT2D eigenvalue weighted by atomic mass is 19.2. The normalized spacial score (nSPS) is 10.3. The minimum atomic E-state index is -0.979. The van der Waals surface area contributed by atoms with Crippen molar-refractivity contribution in [2.75, 3.05) is 16.4 Å². The zero-order chi connectivity index (χ0) is 15.6. The Balaban J connectivity index is 2.12. The molecule has 4 nitrogen and oxygen atoms in total. The van der Waals surface area contributed by atoms with Crippen LogP contribution in [0.3, 0.4) is 0 Å². The fraction of sp³-hybridized carbons (Fsp3) is 0.133. The summed E-state index contributed by atoms with van der Waals surface area (Å²) in [5.74, 6) is -1.93. The van der Waals surface area contributed by atoms with Gasteiger partial charge in [0.05, 0.1) is 0 Å². The number of nitrogens with two attached hydrogens (primary N) is 1. The molecule has 4 N–H and O–H groups in total. The quantitative estimate of drug-likeness (QED) is 0.736. The first kappa shape index (κ1) is 14.8. The number of nitrogens with one attached hydrogen (secondary N) is 2. The second kappa shape index (κ2) is 5.78. The fourth-order valence-corrected chi connectivity index (χ4v) is 1.79. The molecule has 0 fully saturated rings. The van der Waals surface area contributed by atoms with Gasteiger partial charge in [-0.25, -0.2) is 13.6 Å². The third-order valence-electron chi connectivity index (χ3n) is 3.12. The van der Waals surface area contributed by atoms with Gasteiger partial charge in [-0.3, -0.25) is 0 Å². The molecule has 0 unspecified atom stereocenters. The standard InChI is InChI=1S/C15H15F2N3O/c1-8-3-4-10(7-12(8)18)19-15(21)20-13-6-5-11(16)14(17)9(13)2/h3-7H,18H2,1-2H3,(H2,19,20,21). The molecule has 2 aromatic rings. The van der Waals surface area contributed by atoms with Gasteiger partial charge in [-0.1, -0.05) is 6.07 Å². The molecule has 0 heterocycles. The van der Waals surface area contributed by atoms with E-state index >= 15 is 0 Å². The molecule has 0 aliphatic carbocycles. The summed E-state index contributed by atoms with van der Waals surface area (Å²) in [6, 6.07) is 6.79. The first-order chi connectivity index (χ1) is 9.88. The van der Waals surface area contributed by atoms with Gasteiger partial charge in [0.1, 0.15) is 0 Å². The van der Waals surface area contributed by atoms with Crippen LogP contribution >= 0.6 is 0 Å². The van der Waals surface area contributed by atoms with Crippen molar-refractivity contribution in [1.82, 2.24) is 0 Å². The van der Waals surface area contributed by atoms with Crippen LogP contribution in [0.15, 0.2) is 30.3 Å². The number of anilines is 3. The molecule has 0 saturated carbocycles. The Bertz CT molecular complexity index is 702. The molecule has 110 valence electrons. The predicted molar refractivity (Wildman–Crippen MR) is 79.3 cm³/mol. The molecular weight excluding hydrogens is 276 g/mol. The lowest BCUT2D eigenvalue weighted by Gasteiger charge is -2.11. The highest BCUT2D eigenvalue weighted by molar-refractivity contribution is 6.00. The van der Waals surface area contributed by atoms with Crippen LogP contribution in [0, 0.1) is 25.5 Å². The summed E-state index contributed by atoms with van der Waals surface area (Å²) in [5.41, 5.74) is 7.95. The summed E-state index contributed by atoms with van der Waals surface area (Å²) in [6.45, 7) is 3.24. The minimum Gasteiger partial charge on any atom is -0.398 e. The Hall–Kier alpha value is -2.63. The van der Waals surface area contributed by atoms with Crippen LogP contribution in [0.2, 0.25) is 0 Å². The summed E-state index contributed by atoms with van der Waals surface area (Å²) in [6.07, 6.45) is 0. The Morgan fingerprint density at radius 2 is 1.81 bits per heavy atom. The van der Waals surface area contributed by atoms with Gasteiger partial charge >= 0.3 is 6.03 Å². The third-order valence-corrected chi connectivity index (χ3v) is 3.12. The summed E-state index contributed by atoms with van der Waals surface area (Å²) in [7, 11) is 0. The predicted octanol–water partition coefficient (Wildman–Crippen LogP) is 3.81. The van der Waals surface area contributed by atoms with Gasteiger partial charge in [0, 0.05) is 22.6 Å². The number of urea groups is 1. The van der Waals surface area contributed by atoms with E-state index in [4.69, 9.17) is 5.73 Å². The monoisotopic (exact) mass is 291 g/mol. The number of benzene rings is 2. The number of amides is 2. The number of carbonyl (C=O) groups excluding carboxylic acids is 1. The maximum Gasteiger partial charge on any atom is 0.323 e. The highest BCUT2D eigenvalue weighted by Gasteiger charge is 2.12. The van der Waals surface area contributed by atoms with Crippen molar-refractivity contribution in [3.05, 3.63) is 53.1 Å². The van der Waals surface area contributed by atoms with E-state index in [1.165, 1.54) is 13.0 Å². The molecule has 0 radical (unpaired) electrons. The molecule has 2 amide bonds. The van der Waals surface area contributed by atoms with Crippen molar-refractivity contribution >= 4 is 23.1 Å². The van der Waals surface area contributed by atoms with E-state index in [1.54, 1.807) is 18.2 Å². The first-order valence-corrected chi connectivity index (χ1v) is 6.27. The molecular formula is C15H15F2N3O. The topological polar surface area (TPSA) is 67.2 Å². The molecule has 21 heavy (non-hydrogen) atoms. The Morgan fingerprint density at radius 1 is 1.10 bits per heavy atom. The van der Waals surface area contributed by atoms with Crippen molar-refractivity contribution in [3.8, 4) is 0 Å². The SMILES string of the molecule is Cc1ccc(NC(=O)Nc2ccc(F)c(F)c2C)cc1N. The van der Waals surface area contributed by atoms with Crippen LogP contribution in [0.25, 0.3) is 0 Å². The van der Waals surface area contributed by atoms with E-state index < -0.39 is 17.7 Å². The highest BCUT2D eigenvalue weighted by Crippen LogP contribution is 2.21. The molecule has 0 aliphatic rings. The van der Waals surface area contributed by atoms with Gasteiger partial charge in [-0.05, 0) is 43.7 Å². The van der Waals surface area contributed by atoms with Gasteiger partial charge in [-0.15, -0.1) is 0 Å². The number of hydrogen-bond acceptors (Lipinski definition) is 2. The fourth-order valence-electron chi connectivity index (χ4n) is 1.79. The molecule has 6 heteroatoms. The van der Waals surface area contributed by atoms with Crippen LogP contribution in [0.1, 0.15) is 11.1 Å². The van der Waals surface area contributed by atoms with Gasteiger partial charge in [-0.2, -0.15) is 0 Å². The van der Waals surface area contributed by atoms with E-state index in [-0.39, 0.29) is 11.3 Å². The zero-order valence-corrected chi connectivity index (χ0v) is 11.6. The lowest BCUT2D eigenvalue weighted by atomic mass is 10.2. The molecule has 2 rings (SSSR count). The molecule has 0 atom stereocenters. The van der Waals surface area contributed by atoms with Crippen molar-refractivity contribution in [2.45, 2.75) is 13.8 Å². The second-order valence-electron chi connectivity index (χ2n) is 4.68. The van der Waals surface area contributed by atoms with E-state index in [1.807, 2.05) is 6.92 Å². The molecule has 0 aliphatic heterocycles. The Kier molecular flexibility index (Phi) is 4.07. The van der Waals surface area contributed by atoms with Crippen LogP contribution in [-0.4, -0.2) is 6.03 Å². The molecule has 0 bridgehead atoms. The first-order valence-electron chi connectivity index (χ1n) is 6.27. The van der Waals surface area contributed by atoms with Crippen molar-refractivity contribution in [1.29, 1.82) is 0 Å². The van der Waals surface area contributed by atoms with E-state index in [0.717, 1.165) is 11.6 Å². The summed E-state index contributed by atoms with van der Waals surface area (Å²) in [4.78, 5) is 11.8. The average Bonchev–Trinajstić information content (AvgIpc) is 2.44. The summed E-state index contributed by atoms with van der Waals surface area (Å²) in [5, 5.41) is 5.04. The Labute approximate surface area is 121 Å². The smallest absolute Gasteiger partial charge is 0.323 e. The van der Waals surface area contributed by atoms with E-state index in [2.05, 4.69) is 10.6 Å². The average molecular weight is 291 g/mol. The number of carbonyl (C=O) groups is 1. The second-order valence-corrected chi connectivity index (χ2v) is 4.68. The number of halogens is 2. The Morgan fingerprint density at radius 3 is 2.48 bits per heavy atom. The summed E-state index contributed by atoms with van der Waals surface area (Å²) >= 11 is 0. The van der Waals surface area contributed by atoms with Crippen molar-refractivity contribution in [2.24, 2.45) is 0 Å². The molecule has 0 saturated heterocycles. The lowest BCUT2D eigenvalue weighted by Crippen LogP contribution is -2.20. The van der Waals surface area contributed by atoms with Crippen LogP contribution < -0.4 is 16.4 Å². The molecule has 2 aromatic carbocycles. The number of rotatable bonds is 2. The van der Waals surface area contributed by atoms with Crippen LogP contribution in [0.4, 0.5) is 30.6 Å². The molecule has 0 aromatic heterocycles. The number of aryl methyl sites for hydroxylation is 1. The van der Waals surface area contributed by atoms with Gasteiger partial charge in [0.15, 0.2) is 11.6 Å². The zero-order valence-electron chi connectivity index (χ0n) is 11.6. The lowest BCUT2D eigenvalue weighted by molar-refractivity contribution is 0.262. The number of nitrogen functional groups attached to an aromatic ring is 1. The maximum absolute atomic E-state index is 13.4. The molecule has 0 spiro atoms. The van der Waals surface area contributed by atoms with E-state index in [9.17, 15) is 13.6 Å². The van der Waals surface area contributed by atoms with Gasteiger partial charge < -0.3 is 16.4 Å². The minimum absolute atomic E-state index is 0.0357. The van der Waals surface area contributed by atoms with Crippen molar-refractivity contribution in [3.63, 3.8) is 0 Å².